The highest BCUT2D eigenvalue weighted by molar-refractivity contribution is 5.92. The summed E-state index contributed by atoms with van der Waals surface area (Å²) in [6, 6.07) is 4.75. The average Bonchev–Trinajstić information content (AvgIpc) is 2.76. The molecule has 0 fully saturated rings. The lowest BCUT2D eigenvalue weighted by Gasteiger charge is -2.07. The average molecular weight is 264 g/mol. The maximum atomic E-state index is 10.9. The second kappa shape index (κ2) is 5.81. The molecule has 0 radical (unpaired) electrons. The number of carbonyl (C=O) groups is 1. The molecule has 1 aromatic carbocycles. The van der Waals surface area contributed by atoms with Gasteiger partial charge in [0.2, 0.25) is 0 Å². The van der Waals surface area contributed by atoms with Gasteiger partial charge in [0.15, 0.2) is 0 Å². The maximum Gasteiger partial charge on any atom is 0.335 e. The van der Waals surface area contributed by atoms with Crippen LogP contribution < -0.4 is 0 Å². The number of carboxylic acid groups (broad SMARTS) is 1. The van der Waals surface area contributed by atoms with Crippen LogP contribution in [0.1, 0.15) is 23.1 Å². The third-order valence-electron chi connectivity index (χ3n) is 2.88. The number of hydrogen-bond acceptors (Lipinski definition) is 4. The van der Waals surface area contributed by atoms with Crippen molar-refractivity contribution in [1.82, 2.24) is 9.55 Å². The molecule has 6 heteroatoms. The molecule has 0 unspecified atom stereocenters. The number of aromatic carboxylic acids is 1. The zero-order valence-corrected chi connectivity index (χ0v) is 10.7. The second-order valence-electron chi connectivity index (χ2n) is 4.04. The smallest absolute Gasteiger partial charge is 0.335 e. The van der Waals surface area contributed by atoms with E-state index in [4.69, 9.17) is 9.84 Å². The van der Waals surface area contributed by atoms with Gasteiger partial charge in [-0.2, -0.15) is 0 Å². The number of aromatic nitrogens is 2. The summed E-state index contributed by atoms with van der Waals surface area (Å²) in [5.41, 5.74) is 1.56. The monoisotopic (exact) mass is 264 g/mol. The number of nitrogens with zero attached hydrogens (tertiary/aromatic N) is 2. The Labute approximate surface area is 110 Å². The summed E-state index contributed by atoms with van der Waals surface area (Å²) in [4.78, 5) is 15.2. The highest BCUT2D eigenvalue weighted by Crippen LogP contribution is 2.18. The van der Waals surface area contributed by atoms with Gasteiger partial charge < -0.3 is 19.5 Å². The second-order valence-corrected chi connectivity index (χ2v) is 4.04. The van der Waals surface area contributed by atoms with Crippen molar-refractivity contribution >= 4 is 17.0 Å². The van der Waals surface area contributed by atoms with Crippen molar-refractivity contribution in [1.29, 1.82) is 0 Å². The number of aliphatic hydroxyl groups is 1. The number of fused-ring (bicyclic) bond motifs is 1. The third kappa shape index (κ3) is 2.74. The molecule has 0 spiro atoms. The van der Waals surface area contributed by atoms with E-state index in [1.54, 1.807) is 6.07 Å². The van der Waals surface area contributed by atoms with E-state index in [1.165, 1.54) is 12.1 Å². The normalized spacial score (nSPS) is 11.1. The lowest BCUT2D eigenvalue weighted by molar-refractivity contribution is 0.0697. The summed E-state index contributed by atoms with van der Waals surface area (Å²) < 4.78 is 7.14. The largest absolute Gasteiger partial charge is 0.478 e. The molecular weight excluding hydrogens is 248 g/mol. The van der Waals surface area contributed by atoms with Gasteiger partial charge in [0, 0.05) is 13.2 Å². The lowest BCUT2D eigenvalue weighted by atomic mass is 10.2. The highest BCUT2D eigenvalue weighted by Gasteiger charge is 2.12. The summed E-state index contributed by atoms with van der Waals surface area (Å²) in [7, 11) is 0. The molecule has 0 aliphatic rings. The molecule has 2 rings (SSSR count). The van der Waals surface area contributed by atoms with Crippen molar-refractivity contribution in [3.05, 3.63) is 29.6 Å². The van der Waals surface area contributed by atoms with E-state index in [-0.39, 0.29) is 12.2 Å². The molecule has 0 saturated heterocycles. The number of rotatable bonds is 6. The van der Waals surface area contributed by atoms with E-state index < -0.39 is 5.97 Å². The van der Waals surface area contributed by atoms with Crippen LogP contribution in [0.3, 0.4) is 0 Å². The van der Waals surface area contributed by atoms with Gasteiger partial charge >= 0.3 is 5.97 Å². The molecule has 6 nitrogen and oxygen atoms in total. The minimum atomic E-state index is -0.990. The van der Waals surface area contributed by atoms with E-state index in [0.717, 1.165) is 5.52 Å². The standard InChI is InChI=1S/C13H16N2O4/c1-2-19-6-5-15-11-4-3-9(13(17)18)7-10(11)14-12(15)8-16/h3-4,7,16H,2,5-6,8H2,1H3,(H,17,18). The maximum absolute atomic E-state index is 10.9. The van der Waals surface area contributed by atoms with E-state index in [1.807, 2.05) is 11.5 Å². The predicted molar refractivity (Wildman–Crippen MR) is 69.1 cm³/mol. The Morgan fingerprint density at radius 3 is 2.89 bits per heavy atom. The molecule has 2 aromatic rings. The Bertz CT molecular complexity index is 592. The Morgan fingerprint density at radius 2 is 2.26 bits per heavy atom. The molecule has 0 bridgehead atoms. The van der Waals surface area contributed by atoms with Crippen molar-refractivity contribution in [3.8, 4) is 0 Å². The van der Waals surface area contributed by atoms with Crippen LogP contribution in [0.15, 0.2) is 18.2 Å². The van der Waals surface area contributed by atoms with Crippen LogP contribution in [0.4, 0.5) is 0 Å². The van der Waals surface area contributed by atoms with Gasteiger partial charge in [0.25, 0.3) is 0 Å². The molecule has 2 N–H and O–H groups in total. The molecule has 0 saturated carbocycles. The van der Waals surface area contributed by atoms with Crippen LogP contribution in [0, 0.1) is 0 Å². The fraction of sp³-hybridized carbons (Fsp3) is 0.385. The van der Waals surface area contributed by atoms with Gasteiger partial charge in [0.1, 0.15) is 12.4 Å². The quantitative estimate of drug-likeness (QED) is 0.767. The van der Waals surface area contributed by atoms with E-state index in [0.29, 0.717) is 31.1 Å². The van der Waals surface area contributed by atoms with Crippen molar-refractivity contribution in [2.24, 2.45) is 0 Å². The SMILES string of the molecule is CCOCCn1c(CO)nc2cc(C(=O)O)ccc21. The number of benzene rings is 1. The summed E-state index contributed by atoms with van der Waals surface area (Å²) >= 11 is 0. The van der Waals surface area contributed by atoms with Gasteiger partial charge in [-0.1, -0.05) is 0 Å². The van der Waals surface area contributed by atoms with Crippen LogP contribution in [0.2, 0.25) is 0 Å². The minimum Gasteiger partial charge on any atom is -0.478 e. The lowest BCUT2D eigenvalue weighted by Crippen LogP contribution is -2.09. The van der Waals surface area contributed by atoms with Crippen LogP contribution >= 0.6 is 0 Å². The van der Waals surface area contributed by atoms with E-state index in [2.05, 4.69) is 4.98 Å². The van der Waals surface area contributed by atoms with Gasteiger partial charge in [0.05, 0.1) is 23.2 Å². The fourth-order valence-electron chi connectivity index (χ4n) is 1.98. The van der Waals surface area contributed by atoms with Crippen molar-refractivity contribution in [2.45, 2.75) is 20.1 Å². The molecule has 19 heavy (non-hydrogen) atoms. The first-order chi connectivity index (χ1) is 9.17. The number of ether oxygens (including phenoxy) is 1. The highest BCUT2D eigenvalue weighted by atomic mass is 16.5. The zero-order valence-electron chi connectivity index (χ0n) is 10.7. The molecule has 0 aliphatic carbocycles. The molecule has 0 atom stereocenters. The van der Waals surface area contributed by atoms with Gasteiger partial charge in [-0.25, -0.2) is 9.78 Å². The first-order valence-corrected chi connectivity index (χ1v) is 6.08. The summed E-state index contributed by atoms with van der Waals surface area (Å²) in [6.45, 7) is 3.45. The molecule has 0 aliphatic heterocycles. The zero-order chi connectivity index (χ0) is 13.8. The van der Waals surface area contributed by atoms with E-state index >= 15 is 0 Å². The minimum absolute atomic E-state index is 0.187. The molecular formula is C13H16N2O4. The molecule has 1 aromatic heterocycles. The number of imidazole rings is 1. The van der Waals surface area contributed by atoms with Gasteiger partial charge in [-0.05, 0) is 25.1 Å². The summed E-state index contributed by atoms with van der Waals surface area (Å²) in [5, 5.41) is 18.3. The van der Waals surface area contributed by atoms with E-state index in [9.17, 15) is 9.90 Å². The van der Waals surface area contributed by atoms with Crippen LogP contribution in [0.25, 0.3) is 11.0 Å². The number of aliphatic hydroxyl groups excluding tert-OH is 1. The van der Waals surface area contributed by atoms with Crippen molar-refractivity contribution in [2.75, 3.05) is 13.2 Å². The molecule has 1 heterocycles. The van der Waals surface area contributed by atoms with Crippen LogP contribution in [-0.4, -0.2) is 38.9 Å². The van der Waals surface area contributed by atoms with Gasteiger partial charge in [-0.3, -0.25) is 0 Å². The summed E-state index contributed by atoms with van der Waals surface area (Å²) in [6.07, 6.45) is 0. The number of hydrogen-bond donors (Lipinski definition) is 2. The Morgan fingerprint density at radius 1 is 1.47 bits per heavy atom. The first kappa shape index (κ1) is 13.5. The van der Waals surface area contributed by atoms with Crippen LogP contribution in [-0.2, 0) is 17.9 Å². The van der Waals surface area contributed by atoms with Crippen molar-refractivity contribution in [3.63, 3.8) is 0 Å². The van der Waals surface area contributed by atoms with Gasteiger partial charge in [-0.15, -0.1) is 0 Å². The molecule has 0 amide bonds. The summed E-state index contributed by atoms with van der Waals surface area (Å²) in [5.74, 6) is -0.478. The Kier molecular flexibility index (Phi) is 4.13. The Hall–Kier alpha value is -1.92. The van der Waals surface area contributed by atoms with Crippen molar-refractivity contribution < 1.29 is 19.7 Å². The number of carboxylic acids is 1. The van der Waals surface area contributed by atoms with Crippen LogP contribution in [0.5, 0.6) is 0 Å². The fourth-order valence-corrected chi connectivity index (χ4v) is 1.98. The molecule has 102 valence electrons. The predicted octanol–water partition coefficient (Wildman–Crippen LogP) is 1.26. The Balaban J connectivity index is 2.40. The topological polar surface area (TPSA) is 84.6 Å². The third-order valence-corrected chi connectivity index (χ3v) is 2.88. The first-order valence-electron chi connectivity index (χ1n) is 6.08.